The molecule has 48 heavy (non-hydrogen) atoms. The van der Waals surface area contributed by atoms with E-state index < -0.39 is 25.6 Å². The van der Waals surface area contributed by atoms with E-state index in [1.807, 2.05) is 23.1 Å². The fraction of sp³-hybridized carbons (Fsp3) is 0.387. The van der Waals surface area contributed by atoms with Gasteiger partial charge in [-0.15, -0.1) is 0 Å². The molecule has 3 aliphatic rings. The SMILES string of the molecule is C[C@@H]1CN(S(=O)(=O)c2cc([N+](=O)[O-])ccc2N/N=C\c2ccc(N3CCN(Cc4ccc5c(c4)OCO5)CC3)c([N+](=O)[O-])c2)C[C@H](C)O1. The second-order valence-electron chi connectivity index (χ2n) is 11.8. The van der Waals surface area contributed by atoms with Crippen LogP contribution in [-0.4, -0.2) is 92.0 Å². The molecule has 0 amide bonds. The molecular weight excluding hydrogens is 646 g/mol. The van der Waals surface area contributed by atoms with E-state index in [1.165, 1.54) is 28.7 Å². The molecule has 16 nitrogen and oxygen atoms in total. The zero-order chi connectivity index (χ0) is 34.0. The minimum absolute atomic E-state index is 0.0217. The maximum absolute atomic E-state index is 13.6. The number of hydrazone groups is 1. The molecule has 3 aromatic carbocycles. The molecule has 2 fully saturated rings. The maximum Gasteiger partial charge on any atom is 0.293 e. The normalized spacial score (nSPS) is 20.2. The van der Waals surface area contributed by atoms with Crippen LogP contribution in [0.2, 0.25) is 0 Å². The summed E-state index contributed by atoms with van der Waals surface area (Å²) in [7, 11) is -4.17. The first-order valence-corrected chi connectivity index (χ1v) is 16.8. The van der Waals surface area contributed by atoms with Gasteiger partial charge in [-0.05, 0) is 43.7 Å². The van der Waals surface area contributed by atoms with Crippen molar-refractivity contribution in [1.82, 2.24) is 9.21 Å². The van der Waals surface area contributed by atoms with E-state index in [9.17, 15) is 28.6 Å². The number of ether oxygens (including phenoxy) is 3. The van der Waals surface area contributed by atoms with E-state index >= 15 is 0 Å². The summed E-state index contributed by atoms with van der Waals surface area (Å²) in [5.41, 5.74) is 4.21. The average molecular weight is 682 g/mol. The number of anilines is 2. The van der Waals surface area contributed by atoms with Gasteiger partial charge in [0.05, 0.1) is 34.0 Å². The van der Waals surface area contributed by atoms with Crippen molar-refractivity contribution < 1.29 is 32.5 Å². The molecule has 2 atom stereocenters. The largest absolute Gasteiger partial charge is 0.454 e. The topological polar surface area (TPSA) is 182 Å². The molecule has 6 rings (SSSR count). The number of hydrogen-bond acceptors (Lipinski definition) is 13. The Morgan fingerprint density at radius 3 is 2.35 bits per heavy atom. The molecule has 17 heteroatoms. The Morgan fingerprint density at radius 2 is 1.65 bits per heavy atom. The van der Waals surface area contributed by atoms with E-state index in [4.69, 9.17) is 14.2 Å². The van der Waals surface area contributed by atoms with Gasteiger partial charge in [0.2, 0.25) is 16.8 Å². The molecule has 0 aliphatic carbocycles. The lowest BCUT2D eigenvalue weighted by Crippen LogP contribution is -2.48. The Hall–Kier alpha value is -4.84. The molecule has 2 saturated heterocycles. The van der Waals surface area contributed by atoms with Crippen LogP contribution in [0.25, 0.3) is 0 Å². The third-order valence-electron chi connectivity index (χ3n) is 8.33. The highest BCUT2D eigenvalue weighted by Crippen LogP contribution is 2.34. The number of benzene rings is 3. The highest BCUT2D eigenvalue weighted by atomic mass is 32.2. The third kappa shape index (κ3) is 7.18. The number of morpholine rings is 1. The summed E-state index contributed by atoms with van der Waals surface area (Å²) < 4.78 is 45.0. The lowest BCUT2D eigenvalue weighted by Gasteiger charge is -2.35. The van der Waals surface area contributed by atoms with E-state index in [0.29, 0.717) is 37.4 Å². The van der Waals surface area contributed by atoms with Crippen LogP contribution in [-0.2, 0) is 21.3 Å². The van der Waals surface area contributed by atoms with Crippen molar-refractivity contribution in [2.24, 2.45) is 5.10 Å². The van der Waals surface area contributed by atoms with Crippen LogP contribution in [0.5, 0.6) is 11.5 Å². The summed E-state index contributed by atoms with van der Waals surface area (Å²) in [6, 6.07) is 14.1. The Kier molecular flexibility index (Phi) is 9.45. The maximum atomic E-state index is 13.6. The van der Waals surface area contributed by atoms with E-state index in [2.05, 4.69) is 15.4 Å². The van der Waals surface area contributed by atoms with Crippen molar-refractivity contribution in [3.05, 3.63) is 86.0 Å². The summed E-state index contributed by atoms with van der Waals surface area (Å²) in [4.78, 5) is 26.4. The molecule has 3 aliphatic heterocycles. The molecule has 0 saturated carbocycles. The van der Waals surface area contributed by atoms with Gasteiger partial charge in [0.15, 0.2) is 11.5 Å². The van der Waals surface area contributed by atoms with Crippen LogP contribution in [0.15, 0.2) is 64.6 Å². The summed E-state index contributed by atoms with van der Waals surface area (Å²) in [6.07, 6.45) is 0.609. The van der Waals surface area contributed by atoms with E-state index in [1.54, 1.807) is 26.0 Å². The van der Waals surface area contributed by atoms with Crippen LogP contribution in [0.3, 0.4) is 0 Å². The Labute approximate surface area is 276 Å². The fourth-order valence-corrected chi connectivity index (χ4v) is 7.80. The van der Waals surface area contributed by atoms with Gasteiger partial charge in [-0.25, -0.2) is 8.42 Å². The zero-order valence-corrected chi connectivity index (χ0v) is 27.2. The second kappa shape index (κ2) is 13.7. The highest BCUT2D eigenvalue weighted by Gasteiger charge is 2.35. The van der Waals surface area contributed by atoms with Crippen LogP contribution >= 0.6 is 0 Å². The van der Waals surface area contributed by atoms with Gasteiger partial charge in [-0.3, -0.25) is 30.6 Å². The van der Waals surface area contributed by atoms with Gasteiger partial charge in [0.25, 0.3) is 11.4 Å². The molecule has 0 radical (unpaired) electrons. The van der Waals surface area contributed by atoms with Crippen molar-refractivity contribution in [3.8, 4) is 11.5 Å². The van der Waals surface area contributed by atoms with Crippen molar-refractivity contribution in [2.75, 3.05) is 56.4 Å². The highest BCUT2D eigenvalue weighted by molar-refractivity contribution is 7.89. The van der Waals surface area contributed by atoms with Gasteiger partial charge >= 0.3 is 0 Å². The Bertz CT molecular complexity index is 1840. The summed E-state index contributed by atoms with van der Waals surface area (Å²) in [5, 5.41) is 27.7. The number of sulfonamides is 1. The molecule has 3 aromatic rings. The number of fused-ring (bicyclic) bond motifs is 1. The van der Waals surface area contributed by atoms with Crippen molar-refractivity contribution >= 4 is 39.0 Å². The van der Waals surface area contributed by atoms with Crippen LogP contribution < -0.4 is 19.8 Å². The van der Waals surface area contributed by atoms with Gasteiger partial charge in [-0.1, -0.05) is 12.1 Å². The minimum Gasteiger partial charge on any atom is -0.454 e. The van der Waals surface area contributed by atoms with Crippen LogP contribution in [0.1, 0.15) is 25.0 Å². The molecule has 0 spiro atoms. The number of piperazine rings is 1. The zero-order valence-electron chi connectivity index (χ0n) is 26.4. The molecule has 3 heterocycles. The van der Waals surface area contributed by atoms with Crippen LogP contribution in [0, 0.1) is 20.2 Å². The molecule has 0 bridgehead atoms. The first-order chi connectivity index (χ1) is 23.0. The van der Waals surface area contributed by atoms with Gasteiger partial charge in [0.1, 0.15) is 10.6 Å². The molecule has 0 unspecified atom stereocenters. The first-order valence-electron chi connectivity index (χ1n) is 15.4. The molecule has 0 aromatic heterocycles. The smallest absolute Gasteiger partial charge is 0.293 e. The molecular formula is C31H35N7O9S. The van der Waals surface area contributed by atoms with Crippen LogP contribution in [0.4, 0.5) is 22.7 Å². The number of nitro benzene ring substituents is 2. The van der Waals surface area contributed by atoms with E-state index in [-0.39, 0.29) is 48.4 Å². The quantitative estimate of drug-likeness (QED) is 0.186. The lowest BCUT2D eigenvalue weighted by atomic mass is 10.1. The lowest BCUT2D eigenvalue weighted by molar-refractivity contribution is -0.385. The summed E-state index contributed by atoms with van der Waals surface area (Å²) in [6.45, 7) is 7.23. The number of nitro groups is 2. The monoisotopic (exact) mass is 681 g/mol. The number of nitrogens with zero attached hydrogens (tertiary/aromatic N) is 6. The van der Waals surface area contributed by atoms with Crippen molar-refractivity contribution in [3.63, 3.8) is 0 Å². The number of nitrogens with one attached hydrogen (secondary N) is 1. The van der Waals surface area contributed by atoms with E-state index in [0.717, 1.165) is 29.7 Å². The minimum atomic E-state index is -4.17. The first kappa shape index (κ1) is 33.1. The van der Waals surface area contributed by atoms with Gasteiger partial charge in [0, 0.05) is 69.6 Å². The van der Waals surface area contributed by atoms with Gasteiger partial charge < -0.3 is 19.1 Å². The van der Waals surface area contributed by atoms with Crippen molar-refractivity contribution in [2.45, 2.75) is 37.5 Å². The molecule has 1 N–H and O–H groups in total. The number of non-ortho nitro benzene ring substituents is 1. The standard InChI is InChI=1S/C31H35N7O9S/c1-21-17-36(18-22(2)47-21)48(43,44)31-15-25(37(39)40)5-6-26(31)33-32-16-23-3-7-27(28(13-23)38(41)42)35-11-9-34(10-12-35)19-24-4-8-29-30(14-24)46-20-45-29/h3-8,13-16,21-22,33H,9-12,17-20H2,1-2H3/b32-16-/t21-,22+. The fourth-order valence-electron chi connectivity index (χ4n) is 6.05. The van der Waals surface area contributed by atoms with Crippen molar-refractivity contribution in [1.29, 1.82) is 0 Å². The molecule has 254 valence electrons. The summed E-state index contributed by atoms with van der Waals surface area (Å²) >= 11 is 0. The second-order valence-corrected chi connectivity index (χ2v) is 13.7. The average Bonchev–Trinajstić information content (AvgIpc) is 3.53. The Balaban J connectivity index is 1.15. The Morgan fingerprint density at radius 1 is 0.917 bits per heavy atom. The predicted molar refractivity (Wildman–Crippen MR) is 176 cm³/mol. The predicted octanol–water partition coefficient (Wildman–Crippen LogP) is 3.80. The van der Waals surface area contributed by atoms with Gasteiger partial charge in [-0.2, -0.15) is 9.41 Å². The number of hydrogen-bond donors (Lipinski definition) is 1. The number of rotatable bonds is 10. The summed E-state index contributed by atoms with van der Waals surface area (Å²) in [5.74, 6) is 1.47. The third-order valence-corrected chi connectivity index (χ3v) is 10.2.